The summed E-state index contributed by atoms with van der Waals surface area (Å²) in [5.74, 6) is -1.18. The molecule has 40 heavy (non-hydrogen) atoms. The lowest BCUT2D eigenvalue weighted by Crippen LogP contribution is -2.64. The van der Waals surface area contributed by atoms with Crippen molar-refractivity contribution >= 4 is 11.8 Å². The number of hydrogen-bond acceptors (Lipinski definition) is 6. The molecule has 0 heterocycles. The van der Waals surface area contributed by atoms with E-state index in [9.17, 15) is 19.8 Å². The van der Waals surface area contributed by atoms with E-state index in [1.165, 1.54) is 12.2 Å². The number of benzene rings is 1. The molecule has 8 heteroatoms. The molecule has 5 rings (SSSR count). The summed E-state index contributed by atoms with van der Waals surface area (Å²) < 4.78 is 21.4. The smallest absolute Gasteiger partial charge is 0.338 e. The number of carboxylic acids is 1. The molecular weight excluding hydrogens is 513 g/mol. The van der Waals surface area contributed by atoms with E-state index in [0.29, 0.717) is 25.1 Å². The summed E-state index contributed by atoms with van der Waals surface area (Å²) in [6.45, 7) is 6.96. The molecule has 0 spiro atoms. The molecule has 8 atom stereocenters. The second-order valence-electron chi connectivity index (χ2n) is 12.7. The van der Waals surface area contributed by atoms with Crippen molar-refractivity contribution in [1.29, 1.82) is 0 Å². The van der Waals surface area contributed by atoms with Crippen LogP contribution in [0.1, 0.15) is 64.9 Å². The maximum absolute atomic E-state index is 15.6. The second-order valence-corrected chi connectivity index (χ2v) is 12.7. The van der Waals surface area contributed by atoms with Crippen molar-refractivity contribution in [3.8, 4) is 5.75 Å². The van der Waals surface area contributed by atoms with Gasteiger partial charge in [0.25, 0.3) is 0 Å². The van der Waals surface area contributed by atoms with E-state index in [2.05, 4.69) is 6.92 Å². The van der Waals surface area contributed by atoms with Gasteiger partial charge in [-0.05, 0) is 79.4 Å². The Labute approximate surface area is 236 Å². The number of unbranched alkanes of at least 4 members (excludes halogenated alkanes) is 1. The number of alkyl halides is 1. The lowest BCUT2D eigenvalue weighted by Gasteiger charge is -2.60. The number of ether oxygens (including phenoxy) is 1. The van der Waals surface area contributed by atoms with Crippen LogP contribution in [-0.2, 0) is 21.0 Å². The Hall–Kier alpha value is -2.55. The maximum atomic E-state index is 15.6. The quantitative estimate of drug-likeness (QED) is 0.316. The van der Waals surface area contributed by atoms with Gasteiger partial charge < -0.3 is 14.9 Å². The van der Waals surface area contributed by atoms with Crippen molar-refractivity contribution < 1.29 is 33.8 Å². The molecule has 0 bridgehead atoms. The zero-order valence-electron chi connectivity index (χ0n) is 23.9. The summed E-state index contributed by atoms with van der Waals surface area (Å²) in [5.41, 5.74) is -1.86. The standard InChI is InChI=1S/C32H42FNO6/c1-5-6-15-39-22-9-7-20(8-10-22)19-34(4)40-32(29(37)38)14-12-24-23-17-26(33)25-16-21(35)11-13-30(25,2)28(23)27(36)18-31(24,32)3/h7-11,13,16,23-24,26-28,36H,5-6,12,14-15,17-19H2,1-4H3,(H,37,38)/t23-,24?,26-,27-,28?,30-,31-,32-/m0/s1. The summed E-state index contributed by atoms with van der Waals surface area (Å²) >= 11 is 0. The molecule has 0 aromatic heterocycles. The number of aliphatic hydroxyl groups is 1. The molecule has 0 aliphatic heterocycles. The highest BCUT2D eigenvalue weighted by Crippen LogP contribution is 2.68. The van der Waals surface area contributed by atoms with Crippen LogP contribution in [0.4, 0.5) is 4.39 Å². The minimum Gasteiger partial charge on any atom is -0.494 e. The molecule has 2 N–H and O–H groups in total. The van der Waals surface area contributed by atoms with Gasteiger partial charge in [-0.3, -0.25) is 9.63 Å². The van der Waals surface area contributed by atoms with E-state index in [-0.39, 0.29) is 42.8 Å². The van der Waals surface area contributed by atoms with Crippen molar-refractivity contribution in [2.75, 3.05) is 13.7 Å². The van der Waals surface area contributed by atoms with Crippen LogP contribution < -0.4 is 4.74 Å². The molecule has 7 nitrogen and oxygen atoms in total. The zero-order valence-corrected chi connectivity index (χ0v) is 23.9. The van der Waals surface area contributed by atoms with E-state index >= 15 is 4.39 Å². The largest absolute Gasteiger partial charge is 0.494 e. The highest BCUT2D eigenvalue weighted by atomic mass is 19.1. The number of aliphatic carboxylic acids is 1. The SMILES string of the molecule is CCCCOc1ccc(CN(C)O[C@]2(C(=O)O)CCC3[C@@H]4C[C@H](F)C5=CC(=O)C=C[C@]5(C)C4[C@@H](O)C[C@@]32C)cc1. The van der Waals surface area contributed by atoms with E-state index in [1.54, 1.807) is 18.2 Å². The minimum atomic E-state index is -1.55. The first-order chi connectivity index (χ1) is 18.9. The Morgan fingerprint density at radius 1 is 1.23 bits per heavy atom. The van der Waals surface area contributed by atoms with E-state index in [0.717, 1.165) is 24.2 Å². The molecule has 2 unspecified atom stereocenters. The van der Waals surface area contributed by atoms with Gasteiger partial charge in [-0.15, -0.1) is 0 Å². The van der Waals surface area contributed by atoms with Crippen molar-refractivity contribution in [3.05, 3.63) is 53.6 Å². The molecule has 3 saturated carbocycles. The summed E-state index contributed by atoms with van der Waals surface area (Å²) in [4.78, 5) is 31.5. The van der Waals surface area contributed by atoms with Gasteiger partial charge in [0, 0.05) is 30.3 Å². The number of aliphatic hydroxyl groups excluding tert-OH is 1. The fourth-order valence-corrected chi connectivity index (χ4v) is 8.44. The summed E-state index contributed by atoms with van der Waals surface area (Å²) in [6.07, 6.45) is 5.73. The Morgan fingerprint density at radius 3 is 2.62 bits per heavy atom. The number of hydrogen-bond donors (Lipinski definition) is 2. The number of allylic oxidation sites excluding steroid dienone is 4. The highest BCUT2D eigenvalue weighted by Gasteiger charge is 2.71. The normalized spacial score (nSPS) is 38.4. The third-order valence-corrected chi connectivity index (χ3v) is 10.3. The first-order valence-corrected chi connectivity index (χ1v) is 14.6. The molecule has 1 aromatic carbocycles. The Kier molecular flexibility index (Phi) is 7.74. The number of hydroxylamine groups is 2. The lowest BCUT2D eigenvalue weighted by atomic mass is 9.46. The Bertz CT molecular complexity index is 1200. The predicted molar refractivity (Wildman–Crippen MR) is 148 cm³/mol. The number of carbonyl (C=O) groups excluding carboxylic acids is 1. The fourth-order valence-electron chi connectivity index (χ4n) is 8.44. The van der Waals surface area contributed by atoms with Crippen LogP contribution in [0.15, 0.2) is 48.1 Å². The first-order valence-electron chi connectivity index (χ1n) is 14.6. The second kappa shape index (κ2) is 10.7. The molecule has 3 fully saturated rings. The van der Waals surface area contributed by atoms with Gasteiger partial charge >= 0.3 is 5.97 Å². The van der Waals surface area contributed by atoms with Crippen LogP contribution in [0.3, 0.4) is 0 Å². The number of rotatable bonds is 9. The van der Waals surface area contributed by atoms with Gasteiger partial charge in [-0.2, -0.15) is 5.06 Å². The molecular formula is C32H42FNO6. The lowest BCUT2D eigenvalue weighted by molar-refractivity contribution is -0.285. The summed E-state index contributed by atoms with van der Waals surface area (Å²) in [7, 11) is 1.73. The van der Waals surface area contributed by atoms with Crippen LogP contribution in [-0.4, -0.2) is 58.6 Å². The molecule has 0 amide bonds. The maximum Gasteiger partial charge on any atom is 0.338 e. The van der Waals surface area contributed by atoms with Gasteiger partial charge in [0.2, 0.25) is 0 Å². The summed E-state index contributed by atoms with van der Waals surface area (Å²) in [6, 6.07) is 7.70. The molecule has 1 aromatic rings. The monoisotopic (exact) mass is 555 g/mol. The van der Waals surface area contributed by atoms with Crippen LogP contribution in [0, 0.1) is 28.6 Å². The minimum absolute atomic E-state index is 0.146. The third-order valence-electron chi connectivity index (χ3n) is 10.3. The zero-order chi connectivity index (χ0) is 28.9. The average molecular weight is 556 g/mol. The van der Waals surface area contributed by atoms with Crippen LogP contribution >= 0.6 is 0 Å². The number of nitrogens with zero attached hydrogens (tertiary/aromatic N) is 1. The van der Waals surface area contributed by atoms with Crippen molar-refractivity contribution in [3.63, 3.8) is 0 Å². The summed E-state index contributed by atoms with van der Waals surface area (Å²) in [5, 5.41) is 23.8. The first kappa shape index (κ1) is 29.0. The molecule has 0 radical (unpaired) electrons. The van der Waals surface area contributed by atoms with Crippen LogP contribution in [0.5, 0.6) is 5.75 Å². The molecule has 4 aliphatic rings. The predicted octanol–water partition coefficient (Wildman–Crippen LogP) is 5.28. The van der Waals surface area contributed by atoms with E-state index in [4.69, 9.17) is 9.57 Å². The van der Waals surface area contributed by atoms with Gasteiger partial charge in [-0.1, -0.05) is 45.4 Å². The Morgan fingerprint density at radius 2 is 1.95 bits per heavy atom. The Balaban J connectivity index is 1.37. The topological polar surface area (TPSA) is 96.3 Å². The third kappa shape index (κ3) is 4.62. The molecule has 0 saturated heterocycles. The number of fused-ring (bicyclic) bond motifs is 5. The van der Waals surface area contributed by atoms with Crippen molar-refractivity contribution in [2.24, 2.45) is 28.6 Å². The number of ketones is 1. The van der Waals surface area contributed by atoms with E-state index in [1.807, 2.05) is 38.1 Å². The fraction of sp³-hybridized carbons (Fsp3) is 0.625. The van der Waals surface area contributed by atoms with Gasteiger partial charge in [-0.25, -0.2) is 9.18 Å². The van der Waals surface area contributed by atoms with Crippen molar-refractivity contribution in [2.45, 2.75) is 83.7 Å². The van der Waals surface area contributed by atoms with Gasteiger partial charge in [0.1, 0.15) is 11.9 Å². The van der Waals surface area contributed by atoms with Crippen LogP contribution in [0.25, 0.3) is 0 Å². The van der Waals surface area contributed by atoms with Gasteiger partial charge in [0.05, 0.1) is 12.7 Å². The van der Waals surface area contributed by atoms with Gasteiger partial charge in [0.15, 0.2) is 11.4 Å². The molecule has 4 aliphatic carbocycles. The van der Waals surface area contributed by atoms with Crippen LogP contribution in [0.2, 0.25) is 0 Å². The molecule has 218 valence electrons. The number of halogens is 1. The van der Waals surface area contributed by atoms with Crippen molar-refractivity contribution in [1.82, 2.24) is 5.06 Å². The average Bonchev–Trinajstić information content (AvgIpc) is 3.18. The van der Waals surface area contributed by atoms with E-state index < -0.39 is 34.7 Å². The number of carboxylic acid groups (broad SMARTS) is 1. The highest BCUT2D eigenvalue weighted by molar-refractivity contribution is 6.01. The number of carbonyl (C=O) groups is 2.